The number of halogens is 1. The fraction of sp³-hybridized carbons (Fsp3) is 0.417. The molecule has 0 fully saturated rings. The lowest BCUT2D eigenvalue weighted by atomic mass is 9.99. The van der Waals surface area contributed by atoms with Crippen LogP contribution in [0.15, 0.2) is 18.2 Å². The molecule has 0 aliphatic carbocycles. The third-order valence-corrected chi connectivity index (χ3v) is 2.95. The predicted molar refractivity (Wildman–Crippen MR) is 66.3 cm³/mol. The maximum atomic E-state index is 13.6. The number of non-ortho nitro benzene ring substituents is 1. The van der Waals surface area contributed by atoms with Crippen molar-refractivity contribution in [3.05, 3.63) is 39.7 Å². The normalized spacial score (nSPS) is 13.7. The van der Waals surface area contributed by atoms with E-state index in [9.17, 15) is 19.3 Å². The molecular weight excluding hydrogens is 255 g/mol. The van der Waals surface area contributed by atoms with E-state index >= 15 is 0 Å². The standard InChI is InChI=1S/C12H15FN2O4/c1-3-12(2,7-16)14-11(17)9-5-4-8(15(18)19)6-10(9)13/h4-6,16H,3,7H2,1-2H3,(H,14,17). The first-order chi connectivity index (χ1) is 8.83. The van der Waals surface area contributed by atoms with E-state index < -0.39 is 27.9 Å². The van der Waals surface area contributed by atoms with Gasteiger partial charge in [-0.05, 0) is 19.4 Å². The number of benzene rings is 1. The summed E-state index contributed by atoms with van der Waals surface area (Å²) in [6, 6.07) is 2.80. The summed E-state index contributed by atoms with van der Waals surface area (Å²) in [6.07, 6.45) is 0.462. The molecule has 0 radical (unpaired) electrons. The molecule has 6 nitrogen and oxygen atoms in total. The molecule has 1 amide bonds. The van der Waals surface area contributed by atoms with Crippen LogP contribution in [0.5, 0.6) is 0 Å². The summed E-state index contributed by atoms with van der Waals surface area (Å²) in [4.78, 5) is 21.6. The summed E-state index contributed by atoms with van der Waals surface area (Å²) >= 11 is 0. The van der Waals surface area contributed by atoms with Crippen molar-refractivity contribution in [2.45, 2.75) is 25.8 Å². The second-order valence-corrected chi connectivity index (χ2v) is 4.45. The Hall–Kier alpha value is -2.02. The average molecular weight is 270 g/mol. The molecule has 104 valence electrons. The summed E-state index contributed by atoms with van der Waals surface area (Å²) in [5.41, 5.74) is -1.57. The molecule has 0 aliphatic rings. The summed E-state index contributed by atoms with van der Waals surface area (Å²) in [7, 11) is 0. The monoisotopic (exact) mass is 270 g/mol. The van der Waals surface area contributed by atoms with Gasteiger partial charge in [0, 0.05) is 6.07 Å². The molecule has 19 heavy (non-hydrogen) atoms. The number of hydrogen-bond acceptors (Lipinski definition) is 4. The molecule has 0 saturated heterocycles. The van der Waals surface area contributed by atoms with Crippen molar-refractivity contribution in [1.29, 1.82) is 0 Å². The molecule has 1 unspecified atom stereocenters. The summed E-state index contributed by atoms with van der Waals surface area (Å²) in [5.74, 6) is -1.69. The number of amides is 1. The highest BCUT2D eigenvalue weighted by molar-refractivity contribution is 5.95. The van der Waals surface area contributed by atoms with E-state index in [2.05, 4.69) is 5.32 Å². The topological polar surface area (TPSA) is 92.5 Å². The molecule has 0 spiro atoms. The van der Waals surface area contributed by atoms with Gasteiger partial charge >= 0.3 is 0 Å². The Morgan fingerprint density at radius 3 is 2.63 bits per heavy atom. The molecule has 0 saturated carbocycles. The number of nitro groups is 1. The number of nitro benzene ring substituents is 1. The Morgan fingerprint density at radius 2 is 2.21 bits per heavy atom. The highest BCUT2D eigenvalue weighted by Gasteiger charge is 2.25. The zero-order valence-corrected chi connectivity index (χ0v) is 10.6. The highest BCUT2D eigenvalue weighted by atomic mass is 19.1. The molecular formula is C12H15FN2O4. The minimum atomic E-state index is -0.969. The number of rotatable bonds is 5. The maximum Gasteiger partial charge on any atom is 0.272 e. The molecule has 1 aromatic carbocycles. The highest BCUT2D eigenvalue weighted by Crippen LogP contribution is 2.18. The number of hydrogen-bond donors (Lipinski definition) is 2. The van der Waals surface area contributed by atoms with Gasteiger partial charge in [-0.3, -0.25) is 14.9 Å². The van der Waals surface area contributed by atoms with E-state index in [1.54, 1.807) is 13.8 Å². The first-order valence-corrected chi connectivity index (χ1v) is 5.70. The number of nitrogens with one attached hydrogen (secondary N) is 1. The van der Waals surface area contributed by atoms with Crippen molar-refractivity contribution in [2.24, 2.45) is 0 Å². The lowest BCUT2D eigenvalue weighted by Gasteiger charge is -2.27. The predicted octanol–water partition coefficient (Wildman–Crippen LogP) is 1.62. The van der Waals surface area contributed by atoms with Crippen LogP contribution in [0, 0.1) is 15.9 Å². The molecule has 0 aromatic heterocycles. The van der Waals surface area contributed by atoms with Crippen LogP contribution in [-0.4, -0.2) is 28.1 Å². The van der Waals surface area contributed by atoms with Gasteiger partial charge in [-0.1, -0.05) is 6.92 Å². The molecule has 7 heteroatoms. The van der Waals surface area contributed by atoms with Gasteiger partial charge < -0.3 is 10.4 Å². The second kappa shape index (κ2) is 5.75. The quantitative estimate of drug-likeness (QED) is 0.628. The third kappa shape index (κ3) is 3.47. The van der Waals surface area contributed by atoms with E-state index in [1.165, 1.54) is 0 Å². The number of aliphatic hydroxyl groups is 1. The molecule has 1 aromatic rings. The minimum Gasteiger partial charge on any atom is -0.394 e. The van der Waals surface area contributed by atoms with E-state index in [0.29, 0.717) is 12.5 Å². The molecule has 0 heterocycles. The lowest BCUT2D eigenvalue weighted by molar-refractivity contribution is -0.385. The van der Waals surface area contributed by atoms with Crippen molar-refractivity contribution >= 4 is 11.6 Å². The van der Waals surface area contributed by atoms with Gasteiger partial charge in [0.2, 0.25) is 0 Å². The van der Waals surface area contributed by atoms with Gasteiger partial charge in [0.05, 0.1) is 28.7 Å². The number of aliphatic hydroxyl groups excluding tert-OH is 1. The minimum absolute atomic E-state index is 0.288. The van der Waals surface area contributed by atoms with Gasteiger partial charge in [-0.15, -0.1) is 0 Å². The summed E-state index contributed by atoms with van der Waals surface area (Å²) < 4.78 is 13.6. The lowest BCUT2D eigenvalue weighted by Crippen LogP contribution is -2.48. The van der Waals surface area contributed by atoms with Crippen LogP contribution in [0.25, 0.3) is 0 Å². The van der Waals surface area contributed by atoms with Crippen molar-refractivity contribution in [3.63, 3.8) is 0 Å². The average Bonchev–Trinajstić information content (AvgIpc) is 2.38. The van der Waals surface area contributed by atoms with Crippen LogP contribution in [0.2, 0.25) is 0 Å². The first kappa shape index (κ1) is 15.0. The molecule has 1 atom stereocenters. The number of nitrogens with zero attached hydrogens (tertiary/aromatic N) is 1. The Morgan fingerprint density at radius 1 is 1.58 bits per heavy atom. The van der Waals surface area contributed by atoms with E-state index in [-0.39, 0.29) is 12.2 Å². The van der Waals surface area contributed by atoms with Crippen LogP contribution in [0.4, 0.5) is 10.1 Å². The van der Waals surface area contributed by atoms with Gasteiger partial charge in [0.1, 0.15) is 5.82 Å². The Labute approximate surface area is 109 Å². The van der Waals surface area contributed by atoms with Crippen molar-refractivity contribution in [1.82, 2.24) is 5.32 Å². The van der Waals surface area contributed by atoms with Crippen LogP contribution in [-0.2, 0) is 0 Å². The van der Waals surface area contributed by atoms with Gasteiger partial charge in [-0.2, -0.15) is 0 Å². The third-order valence-electron chi connectivity index (χ3n) is 2.95. The Bertz CT molecular complexity index is 501. The van der Waals surface area contributed by atoms with Crippen molar-refractivity contribution in [2.75, 3.05) is 6.61 Å². The second-order valence-electron chi connectivity index (χ2n) is 4.45. The van der Waals surface area contributed by atoms with Crippen LogP contribution < -0.4 is 5.32 Å². The molecule has 2 N–H and O–H groups in total. The molecule has 1 rings (SSSR count). The smallest absolute Gasteiger partial charge is 0.272 e. The van der Waals surface area contributed by atoms with E-state index in [0.717, 1.165) is 12.1 Å². The largest absolute Gasteiger partial charge is 0.394 e. The molecule has 0 aliphatic heterocycles. The number of carbonyl (C=O) groups is 1. The summed E-state index contributed by atoms with van der Waals surface area (Å²) in [5, 5.41) is 22.1. The fourth-order valence-electron chi connectivity index (χ4n) is 1.38. The fourth-order valence-corrected chi connectivity index (χ4v) is 1.38. The van der Waals surface area contributed by atoms with Gasteiger partial charge in [0.25, 0.3) is 11.6 Å². The molecule has 0 bridgehead atoms. The van der Waals surface area contributed by atoms with Crippen LogP contribution in [0.3, 0.4) is 0 Å². The number of carbonyl (C=O) groups excluding carboxylic acids is 1. The SMILES string of the molecule is CCC(C)(CO)NC(=O)c1ccc([N+](=O)[O-])cc1F. The Balaban J connectivity index is 2.98. The van der Waals surface area contributed by atoms with Gasteiger partial charge in [0.15, 0.2) is 0 Å². The van der Waals surface area contributed by atoms with Gasteiger partial charge in [-0.25, -0.2) is 4.39 Å². The zero-order chi connectivity index (χ0) is 14.6. The summed E-state index contributed by atoms with van der Waals surface area (Å²) in [6.45, 7) is 3.10. The first-order valence-electron chi connectivity index (χ1n) is 5.70. The van der Waals surface area contributed by atoms with Crippen LogP contribution >= 0.6 is 0 Å². The van der Waals surface area contributed by atoms with Crippen molar-refractivity contribution < 1.29 is 19.2 Å². The van der Waals surface area contributed by atoms with E-state index in [4.69, 9.17) is 5.11 Å². The van der Waals surface area contributed by atoms with E-state index in [1.807, 2.05) is 0 Å². The zero-order valence-electron chi connectivity index (χ0n) is 10.6. The maximum absolute atomic E-state index is 13.6. The van der Waals surface area contributed by atoms with Crippen LogP contribution in [0.1, 0.15) is 30.6 Å². The van der Waals surface area contributed by atoms with Crippen molar-refractivity contribution in [3.8, 4) is 0 Å². The Kier molecular flexibility index (Phi) is 4.55.